The number of hydrogen-bond donors (Lipinski definition) is 2. The van der Waals surface area contributed by atoms with Gasteiger partial charge in [0, 0.05) is 0 Å². The van der Waals surface area contributed by atoms with Crippen LogP contribution in [0.25, 0.3) is 5.82 Å². The number of aromatic carboxylic acids is 1. The van der Waals surface area contributed by atoms with Crippen LogP contribution in [-0.4, -0.2) is 36.4 Å². The van der Waals surface area contributed by atoms with E-state index in [1.165, 1.54) is 4.68 Å². The van der Waals surface area contributed by atoms with E-state index in [2.05, 4.69) is 25.3 Å². The predicted octanol–water partition coefficient (Wildman–Crippen LogP) is 0.0541. The van der Waals surface area contributed by atoms with Crippen LogP contribution in [0.3, 0.4) is 0 Å². The molecule has 2 aromatic heterocycles. The molecule has 0 saturated carbocycles. The third-order valence-corrected chi connectivity index (χ3v) is 2.15. The zero-order valence-electron chi connectivity index (χ0n) is 9.15. The second-order valence-electron chi connectivity index (χ2n) is 3.67. The molecular weight excluding hydrogens is 228 g/mol. The maximum atomic E-state index is 11.0. The molecule has 0 fully saturated rings. The summed E-state index contributed by atoms with van der Waals surface area (Å²) in [4.78, 5) is 11.0. The fourth-order valence-corrected chi connectivity index (χ4v) is 1.45. The molecule has 0 atom stereocenters. The normalized spacial score (nSPS) is 11.0. The smallest absolute Gasteiger partial charge is 0.358 e. The first kappa shape index (κ1) is 11.0. The molecule has 0 saturated heterocycles. The summed E-state index contributed by atoms with van der Waals surface area (Å²) < 4.78 is 5.67. The molecule has 9 nitrogen and oxygen atoms in total. The van der Waals surface area contributed by atoms with Crippen molar-refractivity contribution >= 4 is 11.8 Å². The summed E-state index contributed by atoms with van der Waals surface area (Å²) in [5.74, 6) is -1.12. The van der Waals surface area contributed by atoms with Crippen LogP contribution in [0.15, 0.2) is 4.63 Å². The van der Waals surface area contributed by atoms with Crippen LogP contribution in [0, 0.1) is 0 Å². The van der Waals surface area contributed by atoms with Crippen molar-refractivity contribution in [1.29, 1.82) is 0 Å². The lowest BCUT2D eigenvalue weighted by atomic mass is 10.1. The van der Waals surface area contributed by atoms with Gasteiger partial charge in [0.2, 0.25) is 11.6 Å². The second-order valence-corrected chi connectivity index (χ2v) is 3.67. The molecule has 0 aliphatic rings. The number of hydrogen-bond acceptors (Lipinski definition) is 7. The molecule has 0 spiro atoms. The van der Waals surface area contributed by atoms with Crippen LogP contribution in [-0.2, 0) is 0 Å². The zero-order chi connectivity index (χ0) is 12.6. The van der Waals surface area contributed by atoms with Gasteiger partial charge in [-0.05, 0) is 16.2 Å². The highest BCUT2D eigenvalue weighted by Gasteiger charge is 2.25. The average Bonchev–Trinajstić information content (AvgIpc) is 2.82. The van der Waals surface area contributed by atoms with Gasteiger partial charge in [0.15, 0.2) is 5.69 Å². The van der Waals surface area contributed by atoms with Gasteiger partial charge in [-0.2, -0.15) is 4.68 Å². The van der Waals surface area contributed by atoms with E-state index in [9.17, 15) is 4.79 Å². The number of nitrogens with zero attached hydrogens (tertiary/aromatic N) is 5. The molecular formula is C8H10N6O3. The highest BCUT2D eigenvalue weighted by molar-refractivity contribution is 5.86. The van der Waals surface area contributed by atoms with E-state index in [-0.39, 0.29) is 23.2 Å². The molecule has 9 heteroatoms. The lowest BCUT2D eigenvalue weighted by Crippen LogP contribution is -2.10. The van der Waals surface area contributed by atoms with E-state index in [1.807, 2.05) is 13.8 Å². The summed E-state index contributed by atoms with van der Waals surface area (Å²) in [6.07, 6.45) is 0. The summed E-state index contributed by atoms with van der Waals surface area (Å²) in [6.45, 7) is 3.62. The molecule has 0 amide bonds. The highest BCUT2D eigenvalue weighted by Crippen LogP contribution is 2.22. The molecule has 0 aromatic carbocycles. The number of aromatic nitrogens is 5. The van der Waals surface area contributed by atoms with Crippen LogP contribution >= 0.6 is 0 Å². The van der Waals surface area contributed by atoms with Gasteiger partial charge >= 0.3 is 5.97 Å². The zero-order valence-corrected chi connectivity index (χ0v) is 9.15. The third kappa shape index (κ3) is 1.71. The Morgan fingerprint density at radius 3 is 2.65 bits per heavy atom. The van der Waals surface area contributed by atoms with Crippen molar-refractivity contribution in [1.82, 2.24) is 25.3 Å². The van der Waals surface area contributed by atoms with Crippen molar-refractivity contribution in [2.45, 2.75) is 19.8 Å². The Labute approximate surface area is 95.2 Å². The molecule has 2 heterocycles. The molecule has 0 bridgehead atoms. The van der Waals surface area contributed by atoms with Crippen molar-refractivity contribution in [3.05, 3.63) is 11.4 Å². The molecule has 0 radical (unpaired) electrons. The quantitative estimate of drug-likeness (QED) is 0.766. The Hall–Kier alpha value is -2.45. The molecule has 0 aliphatic heterocycles. The molecule has 2 aromatic rings. The molecule has 0 aliphatic carbocycles. The topological polar surface area (TPSA) is 133 Å². The first-order valence-corrected chi connectivity index (χ1v) is 4.79. The van der Waals surface area contributed by atoms with Crippen molar-refractivity contribution in [2.24, 2.45) is 0 Å². The maximum absolute atomic E-state index is 11.0. The van der Waals surface area contributed by atoms with Crippen LogP contribution in [0.1, 0.15) is 35.9 Å². The van der Waals surface area contributed by atoms with Crippen LogP contribution in [0.4, 0.5) is 5.82 Å². The number of nitrogen functional groups attached to an aromatic ring is 1. The fraction of sp³-hybridized carbons (Fsp3) is 0.375. The fourth-order valence-electron chi connectivity index (χ4n) is 1.45. The Kier molecular flexibility index (Phi) is 2.50. The molecule has 3 N–H and O–H groups in total. The van der Waals surface area contributed by atoms with Gasteiger partial charge in [0.05, 0.1) is 5.69 Å². The van der Waals surface area contributed by atoms with E-state index in [1.54, 1.807) is 0 Å². The second kappa shape index (κ2) is 3.85. The Bertz CT molecular complexity index is 557. The van der Waals surface area contributed by atoms with E-state index in [0.29, 0.717) is 5.69 Å². The van der Waals surface area contributed by atoms with E-state index < -0.39 is 5.97 Å². The van der Waals surface area contributed by atoms with E-state index in [4.69, 9.17) is 10.8 Å². The highest BCUT2D eigenvalue weighted by atomic mass is 16.6. The van der Waals surface area contributed by atoms with Crippen LogP contribution in [0.2, 0.25) is 0 Å². The van der Waals surface area contributed by atoms with Crippen LogP contribution in [0.5, 0.6) is 0 Å². The summed E-state index contributed by atoms with van der Waals surface area (Å²) >= 11 is 0. The maximum Gasteiger partial charge on any atom is 0.358 e. The Balaban J connectivity index is 2.63. The molecule has 0 unspecified atom stereocenters. The first-order chi connectivity index (χ1) is 8.02. The molecule has 90 valence electrons. The lowest BCUT2D eigenvalue weighted by molar-refractivity contribution is 0.0688. The number of nitrogens with two attached hydrogens (primary N) is 1. The predicted molar refractivity (Wildman–Crippen MR) is 54.7 cm³/mol. The minimum Gasteiger partial charge on any atom is -0.476 e. The standard InChI is InChI=1S/C8H10N6O3/c1-3(2)5-4(8(15)16)10-13-14(5)7-6(9)11-17-12-7/h3H,1-2H3,(H2,9,11)(H,15,16). The van der Waals surface area contributed by atoms with Gasteiger partial charge in [0.25, 0.3) is 0 Å². The largest absolute Gasteiger partial charge is 0.476 e. The monoisotopic (exact) mass is 238 g/mol. The number of carbonyl (C=O) groups is 1. The lowest BCUT2D eigenvalue weighted by Gasteiger charge is -2.06. The Morgan fingerprint density at radius 2 is 2.18 bits per heavy atom. The van der Waals surface area contributed by atoms with Crippen molar-refractivity contribution < 1.29 is 14.5 Å². The average molecular weight is 238 g/mol. The minimum atomic E-state index is -1.16. The van der Waals surface area contributed by atoms with Crippen molar-refractivity contribution in [3.8, 4) is 5.82 Å². The molecule has 2 rings (SSSR count). The van der Waals surface area contributed by atoms with E-state index in [0.717, 1.165) is 0 Å². The Morgan fingerprint density at radius 1 is 1.47 bits per heavy atom. The van der Waals surface area contributed by atoms with E-state index >= 15 is 0 Å². The summed E-state index contributed by atoms with van der Waals surface area (Å²) in [5, 5.41) is 23.2. The van der Waals surface area contributed by atoms with Gasteiger partial charge in [-0.3, -0.25) is 0 Å². The summed E-state index contributed by atoms with van der Waals surface area (Å²) in [6, 6.07) is 0. The number of carboxylic acid groups (broad SMARTS) is 1. The van der Waals surface area contributed by atoms with Crippen LogP contribution < -0.4 is 5.73 Å². The number of carboxylic acids is 1. The number of rotatable bonds is 3. The number of anilines is 1. The summed E-state index contributed by atoms with van der Waals surface area (Å²) in [5.41, 5.74) is 5.78. The first-order valence-electron chi connectivity index (χ1n) is 4.79. The van der Waals surface area contributed by atoms with Gasteiger partial charge in [0.1, 0.15) is 0 Å². The van der Waals surface area contributed by atoms with Gasteiger partial charge in [-0.25, -0.2) is 9.42 Å². The van der Waals surface area contributed by atoms with Gasteiger partial charge < -0.3 is 10.8 Å². The summed E-state index contributed by atoms with van der Waals surface area (Å²) in [7, 11) is 0. The van der Waals surface area contributed by atoms with Crippen molar-refractivity contribution in [2.75, 3.05) is 5.73 Å². The van der Waals surface area contributed by atoms with Gasteiger partial charge in [-0.1, -0.05) is 19.1 Å². The minimum absolute atomic E-state index is 0.0220. The molecule has 17 heavy (non-hydrogen) atoms. The van der Waals surface area contributed by atoms with Gasteiger partial charge in [-0.15, -0.1) is 5.10 Å². The van der Waals surface area contributed by atoms with Crippen molar-refractivity contribution in [3.63, 3.8) is 0 Å². The third-order valence-electron chi connectivity index (χ3n) is 2.15. The SMILES string of the molecule is CC(C)c1c(C(=O)O)nnn1-c1nonc1N.